The molecule has 2 saturated heterocycles. The highest BCUT2D eigenvalue weighted by Crippen LogP contribution is 2.66. The maximum absolute atomic E-state index is 16.2. The van der Waals surface area contributed by atoms with Gasteiger partial charge in [0, 0.05) is 17.5 Å². The number of fused-ring (bicyclic) bond motifs is 3. The molecule has 0 saturated carbocycles. The fourth-order valence-corrected chi connectivity index (χ4v) is 9.81. The number of carboxylic acid groups (broad SMARTS) is 1. The lowest BCUT2D eigenvalue weighted by atomic mass is 9.65. The van der Waals surface area contributed by atoms with Crippen molar-refractivity contribution in [1.29, 1.82) is 0 Å². The highest BCUT2D eigenvalue weighted by molar-refractivity contribution is 6.24. The second kappa shape index (κ2) is 19.4. The van der Waals surface area contributed by atoms with E-state index in [2.05, 4.69) is 17.2 Å². The molecule has 0 aromatic heterocycles. The molecule has 3 aliphatic heterocycles. The van der Waals surface area contributed by atoms with Crippen LogP contribution < -0.4 is 15.0 Å². The van der Waals surface area contributed by atoms with Gasteiger partial charge in [-0.05, 0) is 53.4 Å². The number of hydrogen-bond donors (Lipinski definition) is 3. The van der Waals surface area contributed by atoms with E-state index in [1.807, 2.05) is 66.7 Å². The van der Waals surface area contributed by atoms with E-state index in [1.165, 1.54) is 18.2 Å². The Morgan fingerprint density at radius 2 is 1.42 bits per heavy atom. The van der Waals surface area contributed by atoms with Gasteiger partial charge in [-0.3, -0.25) is 28.9 Å². The van der Waals surface area contributed by atoms with Gasteiger partial charge in [-0.15, -0.1) is 0 Å². The molecule has 5 aromatic carbocycles. The number of imide groups is 1. The molecule has 0 radical (unpaired) electrons. The van der Waals surface area contributed by atoms with Gasteiger partial charge in [-0.25, -0.2) is 9.69 Å². The van der Waals surface area contributed by atoms with Gasteiger partial charge in [0.1, 0.15) is 35.8 Å². The number of nitrogens with one attached hydrogen (secondary N) is 1. The van der Waals surface area contributed by atoms with Gasteiger partial charge in [0.15, 0.2) is 5.92 Å². The summed E-state index contributed by atoms with van der Waals surface area (Å²) in [5, 5.41) is 24.6. The molecule has 7 atom stereocenters. The third-order valence-electron chi connectivity index (χ3n) is 12.6. The lowest BCUT2D eigenvalue weighted by Gasteiger charge is -2.46. The molecule has 3 amide bonds. The van der Waals surface area contributed by atoms with E-state index in [0.29, 0.717) is 16.7 Å². The Balaban J connectivity index is 1.42. The van der Waals surface area contributed by atoms with Gasteiger partial charge in [-0.2, -0.15) is 0 Å². The third-order valence-corrected chi connectivity index (χ3v) is 12.6. The molecule has 15 heteroatoms. The number of rotatable bonds is 12. The number of carboxylic acids is 1. The second-order valence-corrected chi connectivity index (χ2v) is 16.3. The zero-order valence-electron chi connectivity index (χ0n) is 36.7. The molecule has 0 unspecified atom stereocenters. The molecule has 342 valence electrons. The van der Waals surface area contributed by atoms with Gasteiger partial charge in [0.2, 0.25) is 5.91 Å². The Labute approximate surface area is 386 Å². The van der Waals surface area contributed by atoms with Crippen molar-refractivity contribution >= 4 is 41.5 Å². The largest absolute Gasteiger partial charge is 0.491 e. The summed E-state index contributed by atoms with van der Waals surface area (Å²) in [7, 11) is 2.26. The van der Waals surface area contributed by atoms with Crippen molar-refractivity contribution in [3.05, 3.63) is 167 Å². The molecular formula is C52H47N3O12. The Morgan fingerprint density at radius 3 is 2.04 bits per heavy atom. The summed E-state index contributed by atoms with van der Waals surface area (Å²) in [6, 6.07) is 32.9. The average Bonchev–Trinajstić information content (AvgIpc) is 3.81. The Bertz CT molecular complexity index is 2740. The molecule has 0 bridgehead atoms. The standard InChI is InChI=1S/C52H47N3O12/c1-31(33-17-7-4-8-18-33)53-51(63)54-39-27-26-32(16-15-24-37(47(59)64-2)48(60)65-3)30-38(39)52(50(54)62)41(46(57)58)43-49(61)67-44(35-21-11-6-12-22-35)42(34-19-9-5-10-20-34)55(43)45(52)36-23-13-14-25-40(36)66-29-28-56/h4-14,17-23,25-27,30-31,37,41-45,56H,24,28-29H2,1-3H3,(H,53,63)(H,57,58)/t31-,41-,42-,43-,44+,45+,52-/m1/s1. The minimum atomic E-state index is -2.31. The number of para-hydroxylation sites is 1. The van der Waals surface area contributed by atoms with E-state index in [4.69, 9.17) is 18.9 Å². The van der Waals surface area contributed by atoms with Crippen LogP contribution in [0.3, 0.4) is 0 Å². The van der Waals surface area contributed by atoms with Crippen LogP contribution in [0.15, 0.2) is 133 Å². The number of anilines is 1. The number of nitrogens with zero attached hydrogens (tertiary/aromatic N) is 2. The SMILES string of the molecule is COC(=O)C(CC#Cc1ccc2c(c1)[C@]1(C(=O)N2C(=O)N[C@H](C)c2ccccc2)[C@H](c2ccccc2OCCO)N2[C@H](c3ccccc3)[C@H](c3ccccc3)OC(=O)[C@H]2[C@@H]1C(=O)O)C(=O)OC. The lowest BCUT2D eigenvalue weighted by Crippen LogP contribution is -2.54. The number of aliphatic hydroxyl groups is 1. The van der Waals surface area contributed by atoms with Gasteiger partial charge in [0.25, 0.3) is 0 Å². The van der Waals surface area contributed by atoms with Crippen LogP contribution in [-0.4, -0.2) is 84.4 Å². The first-order valence-electron chi connectivity index (χ1n) is 21.6. The first-order valence-corrected chi connectivity index (χ1v) is 21.6. The number of carbonyl (C=O) groups excluding carboxylic acids is 5. The zero-order valence-corrected chi connectivity index (χ0v) is 36.7. The quantitative estimate of drug-likeness (QED) is 0.0573. The summed E-state index contributed by atoms with van der Waals surface area (Å²) in [5.74, 6) is -2.42. The van der Waals surface area contributed by atoms with Crippen molar-refractivity contribution in [3.63, 3.8) is 0 Å². The van der Waals surface area contributed by atoms with Gasteiger partial charge in [0.05, 0.1) is 44.6 Å². The van der Waals surface area contributed by atoms with E-state index in [1.54, 1.807) is 60.4 Å². The number of ether oxygens (including phenoxy) is 4. The number of methoxy groups -OCH3 is 2. The molecular weight excluding hydrogens is 859 g/mol. The number of cyclic esters (lactones) is 1. The fourth-order valence-electron chi connectivity index (χ4n) is 9.81. The van der Waals surface area contributed by atoms with Crippen LogP contribution in [0, 0.1) is 23.7 Å². The minimum absolute atomic E-state index is 0.0319. The zero-order chi connectivity index (χ0) is 47.4. The molecule has 5 aromatic rings. The molecule has 3 aliphatic rings. The first-order chi connectivity index (χ1) is 32.5. The molecule has 3 heterocycles. The lowest BCUT2D eigenvalue weighted by molar-refractivity contribution is -0.179. The Kier molecular flexibility index (Phi) is 13.2. The Hall–Kier alpha value is -7.80. The first kappa shape index (κ1) is 45.8. The van der Waals surface area contributed by atoms with Crippen LogP contribution in [0.4, 0.5) is 10.5 Å². The third kappa shape index (κ3) is 8.15. The van der Waals surface area contributed by atoms with E-state index >= 15 is 4.79 Å². The number of esters is 3. The number of aliphatic carboxylic acids is 1. The number of benzene rings is 5. The van der Waals surface area contributed by atoms with Crippen LogP contribution in [0.2, 0.25) is 0 Å². The molecule has 1 spiro atoms. The molecule has 0 aliphatic carbocycles. The smallest absolute Gasteiger partial charge is 0.329 e. The molecule has 3 N–H and O–H groups in total. The summed E-state index contributed by atoms with van der Waals surface area (Å²) in [5.41, 5.74) is 0.263. The van der Waals surface area contributed by atoms with Crippen molar-refractivity contribution < 1.29 is 57.9 Å². The van der Waals surface area contributed by atoms with E-state index < -0.39 is 83.3 Å². The predicted octanol–water partition coefficient (Wildman–Crippen LogP) is 5.98. The van der Waals surface area contributed by atoms with Crippen molar-refractivity contribution in [2.45, 2.75) is 49.0 Å². The van der Waals surface area contributed by atoms with Crippen molar-refractivity contribution in [2.75, 3.05) is 32.3 Å². The Morgan fingerprint density at radius 1 is 0.806 bits per heavy atom. The summed E-state index contributed by atoms with van der Waals surface area (Å²) in [6.07, 6.45) is -1.34. The second-order valence-electron chi connectivity index (χ2n) is 16.3. The number of carbonyl (C=O) groups is 6. The number of aliphatic hydroxyl groups excluding tert-OH is 1. The highest BCUT2D eigenvalue weighted by atomic mass is 16.6. The maximum atomic E-state index is 16.2. The van der Waals surface area contributed by atoms with Crippen LogP contribution in [0.5, 0.6) is 5.75 Å². The number of morpholine rings is 1. The van der Waals surface area contributed by atoms with E-state index in [-0.39, 0.29) is 42.2 Å². The minimum Gasteiger partial charge on any atom is -0.491 e. The normalized spacial score (nSPS) is 22.2. The van der Waals surface area contributed by atoms with Crippen LogP contribution in [0.25, 0.3) is 0 Å². The van der Waals surface area contributed by atoms with Crippen molar-refractivity contribution in [2.24, 2.45) is 11.8 Å². The summed E-state index contributed by atoms with van der Waals surface area (Å²) in [6.45, 7) is 1.19. The van der Waals surface area contributed by atoms with Gasteiger partial charge < -0.3 is 34.5 Å². The molecule has 15 nitrogen and oxygen atoms in total. The van der Waals surface area contributed by atoms with E-state index in [0.717, 1.165) is 24.7 Å². The number of hydrogen-bond acceptors (Lipinski definition) is 12. The molecule has 2 fully saturated rings. The van der Waals surface area contributed by atoms with Crippen LogP contribution in [-0.2, 0) is 43.6 Å². The molecule has 67 heavy (non-hydrogen) atoms. The van der Waals surface area contributed by atoms with Crippen LogP contribution >= 0.6 is 0 Å². The van der Waals surface area contributed by atoms with Crippen LogP contribution in [0.1, 0.15) is 71.0 Å². The van der Waals surface area contributed by atoms with E-state index in [9.17, 15) is 34.2 Å². The summed E-state index contributed by atoms with van der Waals surface area (Å²) >= 11 is 0. The van der Waals surface area contributed by atoms with Gasteiger partial charge >= 0.3 is 29.9 Å². The fraction of sp³-hybridized carbons (Fsp3) is 0.269. The number of amides is 3. The van der Waals surface area contributed by atoms with Crippen molar-refractivity contribution in [3.8, 4) is 17.6 Å². The summed E-state index contributed by atoms with van der Waals surface area (Å²) < 4.78 is 22.1. The molecule has 8 rings (SSSR count). The summed E-state index contributed by atoms with van der Waals surface area (Å²) in [4.78, 5) is 88.3. The number of urea groups is 1. The monoisotopic (exact) mass is 905 g/mol. The topological polar surface area (TPSA) is 198 Å². The maximum Gasteiger partial charge on any atom is 0.329 e. The highest BCUT2D eigenvalue weighted by Gasteiger charge is 2.76. The average molecular weight is 906 g/mol. The van der Waals surface area contributed by atoms with Crippen molar-refractivity contribution in [1.82, 2.24) is 10.2 Å². The predicted molar refractivity (Wildman–Crippen MR) is 241 cm³/mol. The van der Waals surface area contributed by atoms with Gasteiger partial charge in [-0.1, -0.05) is 121 Å².